The molecule has 10 heteroatoms. The molecular formula is C38H54FN5O4. The largest absolute Gasteiger partial charge is 0.444 e. The molecule has 2 aromatic heterocycles. The van der Waals surface area contributed by atoms with Gasteiger partial charge in [0.15, 0.2) is 0 Å². The van der Waals surface area contributed by atoms with Crippen LogP contribution in [0.15, 0.2) is 36.7 Å². The zero-order chi connectivity index (χ0) is 34.9. The highest BCUT2D eigenvalue weighted by Gasteiger charge is 2.37. The van der Waals surface area contributed by atoms with Gasteiger partial charge in [-0.3, -0.25) is 9.69 Å². The first-order chi connectivity index (χ1) is 22.7. The molecule has 3 aromatic rings. The predicted octanol–water partition coefficient (Wildman–Crippen LogP) is 7.16. The lowest BCUT2D eigenvalue weighted by Gasteiger charge is -2.47. The predicted molar refractivity (Wildman–Crippen MR) is 187 cm³/mol. The van der Waals surface area contributed by atoms with Crippen molar-refractivity contribution < 1.29 is 23.5 Å². The number of rotatable bonds is 10. The molecular weight excluding hydrogens is 609 g/mol. The minimum Gasteiger partial charge on any atom is -0.444 e. The number of likely N-dealkylation sites (tertiary alicyclic amines) is 1. The fraction of sp³-hybridized carbons (Fsp3) is 0.605. The van der Waals surface area contributed by atoms with Crippen molar-refractivity contribution in [2.45, 2.75) is 105 Å². The Labute approximate surface area is 285 Å². The maximum Gasteiger partial charge on any atom is 0.410 e. The van der Waals surface area contributed by atoms with Gasteiger partial charge in [0.05, 0.1) is 36.5 Å². The quantitative estimate of drug-likeness (QED) is 0.229. The topological polar surface area (TPSA) is 79.6 Å². The first-order valence-electron chi connectivity index (χ1n) is 17.6. The lowest BCUT2D eigenvalue weighted by molar-refractivity contribution is -0.0377. The van der Waals surface area contributed by atoms with Crippen LogP contribution in [0, 0.1) is 18.7 Å². The first-order valence-corrected chi connectivity index (χ1v) is 17.6. The molecule has 5 rings (SSSR count). The second kappa shape index (κ2) is 14.5. The highest BCUT2D eigenvalue weighted by Crippen LogP contribution is 2.37. The van der Waals surface area contributed by atoms with E-state index < -0.39 is 11.4 Å². The second-order valence-electron chi connectivity index (χ2n) is 15.1. The first kappa shape index (κ1) is 35.8. The minimum absolute atomic E-state index is 0.00644. The van der Waals surface area contributed by atoms with E-state index >= 15 is 0 Å². The van der Waals surface area contributed by atoms with Gasteiger partial charge in [0.1, 0.15) is 17.2 Å². The SMILES string of the molecule is CCN(C(=O)c1cc(F)ccc1-c1cc(C2CN([C@@H](CC[C@H]3COCCN3C(=O)OC(C)(C)C)C(C)C)C2)cn2c(C)ncc12)C(C)C. The number of amides is 2. The number of imidazole rings is 1. The van der Waals surface area contributed by atoms with Crippen LogP contribution in [0.5, 0.6) is 0 Å². The fourth-order valence-corrected chi connectivity index (χ4v) is 7.26. The van der Waals surface area contributed by atoms with Crippen LogP contribution in [0.2, 0.25) is 0 Å². The molecule has 0 N–H and O–H groups in total. The molecule has 0 radical (unpaired) electrons. The van der Waals surface area contributed by atoms with E-state index in [-0.39, 0.29) is 24.1 Å². The van der Waals surface area contributed by atoms with Crippen LogP contribution in [-0.2, 0) is 9.47 Å². The van der Waals surface area contributed by atoms with Crippen molar-refractivity contribution in [3.63, 3.8) is 0 Å². The number of carbonyl (C=O) groups excluding carboxylic acids is 2. The summed E-state index contributed by atoms with van der Waals surface area (Å²) in [6, 6.07) is 7.06. The van der Waals surface area contributed by atoms with Gasteiger partial charge < -0.3 is 23.7 Å². The highest BCUT2D eigenvalue weighted by molar-refractivity contribution is 6.03. The summed E-state index contributed by atoms with van der Waals surface area (Å²) in [5.41, 5.74) is 3.49. The molecule has 262 valence electrons. The van der Waals surface area contributed by atoms with E-state index in [4.69, 9.17) is 9.47 Å². The van der Waals surface area contributed by atoms with Gasteiger partial charge in [0.25, 0.3) is 5.91 Å². The van der Waals surface area contributed by atoms with E-state index in [1.165, 1.54) is 17.7 Å². The Morgan fingerprint density at radius 1 is 1.12 bits per heavy atom. The van der Waals surface area contributed by atoms with Gasteiger partial charge in [-0.1, -0.05) is 19.9 Å². The minimum atomic E-state index is -0.539. The number of nitrogens with zero attached hydrogens (tertiary/aromatic N) is 5. The number of pyridine rings is 1. The number of hydrogen-bond acceptors (Lipinski definition) is 6. The molecule has 0 bridgehead atoms. The van der Waals surface area contributed by atoms with Crippen LogP contribution >= 0.6 is 0 Å². The third-order valence-electron chi connectivity index (χ3n) is 9.85. The lowest BCUT2D eigenvalue weighted by Crippen LogP contribution is -2.54. The van der Waals surface area contributed by atoms with Crippen molar-refractivity contribution in [1.82, 2.24) is 24.1 Å². The van der Waals surface area contributed by atoms with Crippen LogP contribution in [0.4, 0.5) is 9.18 Å². The van der Waals surface area contributed by atoms with Crippen molar-refractivity contribution >= 4 is 17.5 Å². The van der Waals surface area contributed by atoms with Gasteiger partial charge in [-0.2, -0.15) is 0 Å². The summed E-state index contributed by atoms with van der Waals surface area (Å²) in [6.07, 6.45) is 5.54. The second-order valence-corrected chi connectivity index (χ2v) is 15.1. The van der Waals surface area contributed by atoms with Gasteiger partial charge >= 0.3 is 6.09 Å². The van der Waals surface area contributed by atoms with E-state index in [0.717, 1.165) is 42.8 Å². The molecule has 2 atom stereocenters. The average molecular weight is 664 g/mol. The van der Waals surface area contributed by atoms with Crippen molar-refractivity contribution in [3.05, 3.63) is 59.4 Å². The summed E-state index contributed by atoms with van der Waals surface area (Å²) >= 11 is 0. The van der Waals surface area contributed by atoms with Crippen LogP contribution < -0.4 is 0 Å². The molecule has 2 aliphatic heterocycles. The molecule has 2 amide bonds. The zero-order valence-corrected chi connectivity index (χ0v) is 30.3. The molecule has 48 heavy (non-hydrogen) atoms. The third kappa shape index (κ3) is 7.70. The van der Waals surface area contributed by atoms with E-state index in [0.29, 0.717) is 55.3 Å². The Morgan fingerprint density at radius 2 is 1.85 bits per heavy atom. The van der Waals surface area contributed by atoms with Gasteiger partial charge in [0.2, 0.25) is 0 Å². The molecule has 2 fully saturated rings. The Kier molecular flexibility index (Phi) is 10.8. The number of benzene rings is 1. The molecule has 2 aliphatic rings. The molecule has 0 unspecified atom stereocenters. The van der Waals surface area contributed by atoms with E-state index in [9.17, 15) is 14.0 Å². The summed E-state index contributed by atoms with van der Waals surface area (Å²) in [5.74, 6) is 0.998. The molecule has 0 spiro atoms. The van der Waals surface area contributed by atoms with Gasteiger partial charge in [0, 0.05) is 55.9 Å². The number of aromatic nitrogens is 2. The fourth-order valence-electron chi connectivity index (χ4n) is 7.26. The smallest absolute Gasteiger partial charge is 0.410 e. The summed E-state index contributed by atoms with van der Waals surface area (Å²) in [7, 11) is 0. The van der Waals surface area contributed by atoms with Crippen LogP contribution in [0.3, 0.4) is 0 Å². The number of ether oxygens (including phenoxy) is 2. The number of fused-ring (bicyclic) bond motifs is 1. The molecule has 9 nitrogen and oxygen atoms in total. The summed E-state index contributed by atoms with van der Waals surface area (Å²) in [5, 5.41) is 0. The van der Waals surface area contributed by atoms with Crippen LogP contribution in [0.25, 0.3) is 16.6 Å². The van der Waals surface area contributed by atoms with Crippen molar-refractivity contribution in [2.75, 3.05) is 39.4 Å². The lowest BCUT2D eigenvalue weighted by atomic mass is 9.85. The Bertz CT molecular complexity index is 1610. The standard InChI is InChI=1S/C38H54FN5O4/c1-10-42(25(4)5)36(45)33-18-29(39)11-13-31(33)32-17-27(22-44-26(6)40-19-35(32)44)28-20-41(21-28)34(24(2)3)14-12-30-23-47-16-15-43(30)37(46)48-38(7,8)9/h11,13,17-19,22,24-25,28,30,34H,10,12,14-16,20-21,23H2,1-9H3/t30-,34-/m0/s1. The summed E-state index contributed by atoms with van der Waals surface area (Å²) in [4.78, 5) is 37.5. The molecule has 1 aromatic carbocycles. The van der Waals surface area contributed by atoms with Gasteiger partial charge in [-0.05, 0) is 96.6 Å². The van der Waals surface area contributed by atoms with Crippen LogP contribution in [-0.4, -0.2) is 99.2 Å². The zero-order valence-electron chi connectivity index (χ0n) is 30.3. The summed E-state index contributed by atoms with van der Waals surface area (Å²) < 4.78 is 28.2. The number of halogens is 1. The maximum absolute atomic E-state index is 14.6. The van der Waals surface area contributed by atoms with E-state index in [2.05, 4.69) is 40.4 Å². The number of morpholine rings is 1. The molecule has 0 saturated carbocycles. The van der Waals surface area contributed by atoms with E-state index in [1.54, 1.807) is 11.0 Å². The van der Waals surface area contributed by atoms with Crippen molar-refractivity contribution in [1.29, 1.82) is 0 Å². The number of hydrogen-bond donors (Lipinski definition) is 0. The van der Waals surface area contributed by atoms with Crippen molar-refractivity contribution in [3.8, 4) is 11.1 Å². The monoisotopic (exact) mass is 663 g/mol. The molecule has 4 heterocycles. The number of aryl methyl sites for hydroxylation is 1. The Hall–Kier alpha value is -3.50. The normalized spacial score (nSPS) is 18.4. The third-order valence-corrected chi connectivity index (χ3v) is 9.85. The molecule has 0 aliphatic carbocycles. The van der Waals surface area contributed by atoms with E-state index in [1.807, 2.05) is 59.6 Å². The highest BCUT2D eigenvalue weighted by atomic mass is 19.1. The Balaban J connectivity index is 1.37. The number of carbonyl (C=O) groups is 2. The Morgan fingerprint density at radius 3 is 2.50 bits per heavy atom. The van der Waals surface area contributed by atoms with Crippen LogP contribution in [0.1, 0.15) is 95.9 Å². The van der Waals surface area contributed by atoms with Crippen molar-refractivity contribution in [2.24, 2.45) is 5.92 Å². The molecule has 2 saturated heterocycles. The van der Waals surface area contributed by atoms with Gasteiger partial charge in [-0.15, -0.1) is 0 Å². The van der Waals surface area contributed by atoms with Gasteiger partial charge in [-0.25, -0.2) is 14.2 Å². The average Bonchev–Trinajstić information content (AvgIpc) is 3.37. The maximum atomic E-state index is 14.6. The summed E-state index contributed by atoms with van der Waals surface area (Å²) in [6.45, 7) is 22.1.